The summed E-state index contributed by atoms with van der Waals surface area (Å²) < 4.78 is 1.61. The lowest BCUT2D eigenvalue weighted by atomic mass is 10.0. The molecule has 8 heteroatoms. The third kappa shape index (κ3) is 3.57. The molecule has 1 saturated carbocycles. The molecule has 0 aliphatic heterocycles. The molecule has 124 valence electrons. The molecule has 1 fully saturated rings. The van der Waals surface area contributed by atoms with Crippen LogP contribution < -0.4 is 5.32 Å². The molecule has 1 amide bonds. The number of nitriles is 1. The van der Waals surface area contributed by atoms with Crippen molar-refractivity contribution in [3.8, 4) is 11.8 Å². The number of rotatable bonds is 5. The van der Waals surface area contributed by atoms with Gasteiger partial charge in [-0.15, -0.1) is 5.10 Å². The molecule has 0 saturated heterocycles. The van der Waals surface area contributed by atoms with Gasteiger partial charge in [-0.25, -0.2) is 0 Å². The molecule has 0 radical (unpaired) electrons. The first-order valence-corrected chi connectivity index (χ1v) is 8.81. The minimum atomic E-state index is -0.694. The van der Waals surface area contributed by atoms with Gasteiger partial charge in [0.2, 0.25) is 11.1 Å². The Balaban J connectivity index is 1.65. The van der Waals surface area contributed by atoms with Crippen molar-refractivity contribution in [3.05, 3.63) is 29.8 Å². The predicted octanol–water partition coefficient (Wildman–Crippen LogP) is 2.02. The maximum absolute atomic E-state index is 12.2. The van der Waals surface area contributed by atoms with Gasteiger partial charge in [-0.3, -0.25) is 4.79 Å². The Hall–Kier alpha value is -2.40. The highest BCUT2D eigenvalue weighted by Gasteiger charge is 2.35. The van der Waals surface area contributed by atoms with E-state index in [0.717, 1.165) is 36.9 Å². The summed E-state index contributed by atoms with van der Waals surface area (Å²) >= 11 is 1.26. The summed E-state index contributed by atoms with van der Waals surface area (Å²) in [6.45, 7) is 2.00. The van der Waals surface area contributed by atoms with Crippen molar-refractivity contribution >= 4 is 17.7 Å². The van der Waals surface area contributed by atoms with Gasteiger partial charge in [0, 0.05) is 0 Å². The van der Waals surface area contributed by atoms with Gasteiger partial charge in [0.25, 0.3) is 0 Å². The summed E-state index contributed by atoms with van der Waals surface area (Å²) in [5.41, 5.74) is 1.27. The van der Waals surface area contributed by atoms with Gasteiger partial charge in [0.1, 0.15) is 5.54 Å². The third-order valence-corrected chi connectivity index (χ3v) is 4.99. The van der Waals surface area contributed by atoms with Crippen LogP contribution in [0.1, 0.15) is 31.2 Å². The van der Waals surface area contributed by atoms with Gasteiger partial charge >= 0.3 is 0 Å². The van der Waals surface area contributed by atoms with Gasteiger partial charge in [-0.05, 0) is 60.7 Å². The summed E-state index contributed by atoms with van der Waals surface area (Å²) in [6.07, 6.45) is 3.40. The molecule has 1 aromatic carbocycles. The van der Waals surface area contributed by atoms with Crippen LogP contribution in [0.5, 0.6) is 0 Å². The van der Waals surface area contributed by atoms with E-state index in [4.69, 9.17) is 0 Å². The van der Waals surface area contributed by atoms with Crippen LogP contribution in [0.4, 0.5) is 0 Å². The van der Waals surface area contributed by atoms with Crippen molar-refractivity contribution in [2.45, 2.75) is 43.3 Å². The molecule has 0 atom stereocenters. The average Bonchev–Trinajstić information content (AvgIpc) is 3.22. The maximum atomic E-state index is 12.2. The smallest absolute Gasteiger partial charge is 0.231 e. The maximum Gasteiger partial charge on any atom is 0.231 e. The van der Waals surface area contributed by atoms with Gasteiger partial charge in [0.05, 0.1) is 17.5 Å². The second-order valence-electron chi connectivity index (χ2n) is 5.95. The summed E-state index contributed by atoms with van der Waals surface area (Å²) in [6, 6.07) is 10.1. The van der Waals surface area contributed by atoms with Gasteiger partial charge < -0.3 is 5.32 Å². The first kappa shape index (κ1) is 16.5. The number of benzene rings is 1. The van der Waals surface area contributed by atoms with E-state index < -0.39 is 5.54 Å². The number of hydrogen-bond donors (Lipinski definition) is 1. The molecular formula is C16H18N6OS. The molecule has 24 heavy (non-hydrogen) atoms. The molecule has 1 heterocycles. The van der Waals surface area contributed by atoms with Crippen LogP contribution in [0.15, 0.2) is 29.4 Å². The van der Waals surface area contributed by atoms with Crippen molar-refractivity contribution in [3.63, 3.8) is 0 Å². The highest BCUT2D eigenvalue weighted by atomic mass is 32.2. The Bertz CT molecular complexity index is 775. The fraction of sp³-hybridized carbons (Fsp3) is 0.438. The Morgan fingerprint density at radius 1 is 1.46 bits per heavy atom. The number of carbonyl (C=O) groups is 1. The molecule has 0 bridgehead atoms. The summed E-state index contributed by atoms with van der Waals surface area (Å²) in [5.74, 6) is 0.0116. The Morgan fingerprint density at radius 3 is 2.96 bits per heavy atom. The van der Waals surface area contributed by atoms with Crippen molar-refractivity contribution in [1.82, 2.24) is 25.5 Å². The first-order valence-electron chi connectivity index (χ1n) is 7.82. The number of hydrogen-bond acceptors (Lipinski definition) is 6. The van der Waals surface area contributed by atoms with Crippen LogP contribution in [0.25, 0.3) is 5.69 Å². The van der Waals surface area contributed by atoms with E-state index >= 15 is 0 Å². The molecule has 1 aromatic heterocycles. The van der Waals surface area contributed by atoms with E-state index in [1.54, 1.807) is 4.68 Å². The van der Waals surface area contributed by atoms with Crippen LogP contribution >= 0.6 is 11.8 Å². The minimum Gasteiger partial charge on any atom is -0.337 e. The second kappa shape index (κ2) is 7.01. The molecule has 1 N–H and O–H groups in total. The number of carbonyl (C=O) groups excluding carboxylic acids is 1. The first-order chi connectivity index (χ1) is 11.6. The molecule has 2 aromatic rings. The Labute approximate surface area is 144 Å². The molecule has 3 rings (SSSR count). The third-order valence-electron chi connectivity index (χ3n) is 4.07. The monoisotopic (exact) mass is 342 g/mol. The van der Waals surface area contributed by atoms with Crippen LogP contribution in [0.3, 0.4) is 0 Å². The van der Waals surface area contributed by atoms with Crippen molar-refractivity contribution in [2.75, 3.05) is 5.75 Å². The normalized spacial score (nSPS) is 15.8. The second-order valence-corrected chi connectivity index (χ2v) is 6.89. The fourth-order valence-corrected chi connectivity index (χ4v) is 3.56. The zero-order valence-electron chi connectivity index (χ0n) is 13.4. The number of aromatic nitrogens is 4. The Kier molecular flexibility index (Phi) is 4.81. The number of aryl methyl sites for hydroxylation is 1. The lowest BCUT2D eigenvalue weighted by Gasteiger charge is -2.21. The number of tetrazole rings is 1. The average molecular weight is 342 g/mol. The van der Waals surface area contributed by atoms with Crippen LogP contribution in [-0.4, -0.2) is 37.4 Å². The fourth-order valence-electron chi connectivity index (χ4n) is 2.87. The molecule has 1 aliphatic carbocycles. The molecular weight excluding hydrogens is 324 g/mol. The zero-order chi connectivity index (χ0) is 17.0. The highest BCUT2D eigenvalue weighted by Crippen LogP contribution is 2.29. The molecule has 0 spiro atoms. The van der Waals surface area contributed by atoms with Crippen LogP contribution in [0.2, 0.25) is 0 Å². The van der Waals surface area contributed by atoms with E-state index in [2.05, 4.69) is 26.9 Å². The largest absolute Gasteiger partial charge is 0.337 e. The molecule has 7 nitrogen and oxygen atoms in total. The van der Waals surface area contributed by atoms with E-state index in [1.165, 1.54) is 11.8 Å². The van der Waals surface area contributed by atoms with E-state index in [-0.39, 0.29) is 11.7 Å². The van der Waals surface area contributed by atoms with Crippen molar-refractivity contribution < 1.29 is 4.79 Å². The predicted molar refractivity (Wildman–Crippen MR) is 89.6 cm³/mol. The number of thioether (sulfide) groups is 1. The van der Waals surface area contributed by atoms with Gasteiger partial charge in [-0.1, -0.05) is 23.9 Å². The van der Waals surface area contributed by atoms with E-state index in [1.807, 2.05) is 31.2 Å². The quantitative estimate of drug-likeness (QED) is 0.835. The summed E-state index contributed by atoms with van der Waals surface area (Å²) in [5, 5.41) is 24.4. The zero-order valence-corrected chi connectivity index (χ0v) is 14.2. The Morgan fingerprint density at radius 2 is 2.25 bits per heavy atom. The number of amides is 1. The minimum absolute atomic E-state index is 0.165. The van der Waals surface area contributed by atoms with Crippen LogP contribution in [0, 0.1) is 18.3 Å². The van der Waals surface area contributed by atoms with E-state index in [9.17, 15) is 10.1 Å². The van der Waals surface area contributed by atoms with Gasteiger partial charge in [0.15, 0.2) is 0 Å². The van der Waals surface area contributed by atoms with E-state index in [0.29, 0.717) is 5.16 Å². The molecule has 0 unspecified atom stereocenters. The standard InChI is InChI=1S/C16H18N6OS/c1-12-5-4-6-13(9-12)22-15(19-20-21-22)24-10-14(23)18-16(11-17)7-2-3-8-16/h4-6,9H,2-3,7-8,10H2,1H3,(H,18,23). The molecule has 1 aliphatic rings. The number of nitrogens with one attached hydrogen (secondary N) is 1. The van der Waals surface area contributed by atoms with Crippen molar-refractivity contribution in [1.29, 1.82) is 5.26 Å². The summed E-state index contributed by atoms with van der Waals surface area (Å²) in [4.78, 5) is 12.2. The summed E-state index contributed by atoms with van der Waals surface area (Å²) in [7, 11) is 0. The van der Waals surface area contributed by atoms with Gasteiger partial charge in [-0.2, -0.15) is 9.94 Å². The highest BCUT2D eigenvalue weighted by molar-refractivity contribution is 7.99. The lowest BCUT2D eigenvalue weighted by Crippen LogP contribution is -2.45. The topological polar surface area (TPSA) is 96.5 Å². The number of nitrogens with zero attached hydrogens (tertiary/aromatic N) is 5. The van der Waals surface area contributed by atoms with Crippen LogP contribution in [-0.2, 0) is 4.79 Å². The van der Waals surface area contributed by atoms with Crippen molar-refractivity contribution in [2.24, 2.45) is 0 Å². The SMILES string of the molecule is Cc1cccc(-n2nnnc2SCC(=O)NC2(C#N)CCCC2)c1. The lowest BCUT2D eigenvalue weighted by molar-refractivity contribution is -0.119.